The average Bonchev–Trinajstić information content (AvgIpc) is 2.80. The Kier molecular flexibility index (Phi) is 4.27. The Morgan fingerprint density at radius 3 is 2.55 bits per heavy atom. The van der Waals surface area contributed by atoms with Crippen LogP contribution in [0.3, 0.4) is 0 Å². The van der Waals surface area contributed by atoms with E-state index in [1.54, 1.807) is 13.8 Å². The minimum Gasteiger partial charge on any atom is -0.492 e. The van der Waals surface area contributed by atoms with Gasteiger partial charge < -0.3 is 4.74 Å². The number of imidazole rings is 1. The van der Waals surface area contributed by atoms with Crippen LogP contribution >= 0.6 is 23.2 Å². The van der Waals surface area contributed by atoms with E-state index in [0.29, 0.717) is 18.2 Å². The Labute approximate surface area is 127 Å². The van der Waals surface area contributed by atoms with Crippen LogP contribution in [0.4, 0.5) is 0 Å². The molecule has 0 N–H and O–H groups in total. The molecule has 0 saturated heterocycles. The van der Waals surface area contributed by atoms with E-state index in [2.05, 4.69) is 4.98 Å². The summed E-state index contributed by atoms with van der Waals surface area (Å²) in [5, 5.41) is 0.235. The Morgan fingerprint density at radius 2 is 2.00 bits per heavy atom. The van der Waals surface area contributed by atoms with Crippen molar-refractivity contribution in [1.29, 1.82) is 0 Å². The zero-order valence-corrected chi connectivity index (χ0v) is 13.1. The molecule has 20 heavy (non-hydrogen) atoms. The summed E-state index contributed by atoms with van der Waals surface area (Å²) in [5.74, 6) is 0.687. The molecule has 0 spiro atoms. The van der Waals surface area contributed by atoms with E-state index in [1.807, 2.05) is 0 Å². The molecule has 1 aromatic heterocycles. The van der Waals surface area contributed by atoms with E-state index in [9.17, 15) is 8.42 Å². The predicted molar refractivity (Wildman–Crippen MR) is 77.2 cm³/mol. The Hall–Kier alpha value is -1.24. The summed E-state index contributed by atoms with van der Waals surface area (Å²) in [6.07, 6.45) is 2.75. The van der Waals surface area contributed by atoms with Gasteiger partial charge in [-0.15, -0.1) is 0 Å². The molecule has 108 valence electrons. The second-order valence-corrected chi connectivity index (χ2v) is 6.52. The Bertz CT molecular complexity index is 741. The molecule has 8 heteroatoms. The highest BCUT2D eigenvalue weighted by atomic mass is 35.5. The van der Waals surface area contributed by atoms with Gasteiger partial charge in [-0.05, 0) is 19.9 Å². The van der Waals surface area contributed by atoms with Crippen molar-refractivity contribution in [3.05, 3.63) is 40.4 Å². The van der Waals surface area contributed by atoms with E-state index in [1.165, 1.54) is 24.5 Å². The molecule has 0 aliphatic heterocycles. The normalized spacial score (nSPS) is 11.6. The van der Waals surface area contributed by atoms with Crippen LogP contribution in [0.2, 0.25) is 10.0 Å². The van der Waals surface area contributed by atoms with Crippen LogP contribution < -0.4 is 4.74 Å². The summed E-state index contributed by atoms with van der Waals surface area (Å²) < 4.78 is 31.3. The van der Waals surface area contributed by atoms with Crippen molar-refractivity contribution in [2.75, 3.05) is 6.61 Å². The number of hydrogen-bond donors (Lipinski definition) is 0. The molecule has 0 fully saturated rings. The Balaban J connectivity index is 2.59. The lowest BCUT2D eigenvalue weighted by atomic mass is 10.3. The third-order valence-electron chi connectivity index (χ3n) is 2.61. The molecule has 0 saturated carbocycles. The van der Waals surface area contributed by atoms with Crippen LogP contribution in [-0.2, 0) is 10.0 Å². The molecule has 1 heterocycles. The molecule has 2 aromatic rings. The van der Waals surface area contributed by atoms with Gasteiger partial charge in [-0.2, -0.15) is 0 Å². The number of aromatic nitrogens is 2. The minimum absolute atomic E-state index is 0.0472. The fourth-order valence-electron chi connectivity index (χ4n) is 1.70. The lowest BCUT2D eigenvalue weighted by Crippen LogP contribution is -2.14. The van der Waals surface area contributed by atoms with Gasteiger partial charge in [0.1, 0.15) is 16.5 Å². The first kappa shape index (κ1) is 15.2. The van der Waals surface area contributed by atoms with Crippen molar-refractivity contribution in [3.8, 4) is 5.75 Å². The fraction of sp³-hybridized carbons (Fsp3) is 0.250. The lowest BCUT2D eigenvalue weighted by Gasteiger charge is -2.12. The van der Waals surface area contributed by atoms with E-state index < -0.39 is 10.0 Å². The van der Waals surface area contributed by atoms with Gasteiger partial charge >= 0.3 is 0 Å². The number of nitrogens with zero attached hydrogens (tertiary/aromatic N) is 2. The maximum absolute atomic E-state index is 12.5. The number of halogens is 2. The van der Waals surface area contributed by atoms with E-state index in [-0.39, 0.29) is 14.9 Å². The molecule has 0 unspecified atom stereocenters. The van der Waals surface area contributed by atoms with E-state index in [0.717, 1.165) is 3.97 Å². The van der Waals surface area contributed by atoms with Crippen molar-refractivity contribution < 1.29 is 13.2 Å². The highest BCUT2D eigenvalue weighted by Gasteiger charge is 2.23. The molecule has 0 amide bonds. The largest absolute Gasteiger partial charge is 0.492 e. The first-order chi connectivity index (χ1) is 9.37. The molecule has 0 aliphatic rings. The summed E-state index contributed by atoms with van der Waals surface area (Å²) in [6.45, 7) is 3.79. The zero-order valence-electron chi connectivity index (χ0n) is 10.8. The summed E-state index contributed by atoms with van der Waals surface area (Å²) in [7, 11) is -3.83. The third kappa shape index (κ3) is 2.63. The molecule has 0 radical (unpaired) electrons. The zero-order chi connectivity index (χ0) is 14.9. The van der Waals surface area contributed by atoms with Crippen LogP contribution in [0, 0.1) is 6.92 Å². The molecule has 2 rings (SSSR count). The average molecular weight is 335 g/mol. The van der Waals surface area contributed by atoms with Crippen molar-refractivity contribution >= 4 is 33.2 Å². The molecule has 0 aliphatic carbocycles. The van der Waals surface area contributed by atoms with Crippen LogP contribution in [-0.4, -0.2) is 24.0 Å². The first-order valence-electron chi connectivity index (χ1n) is 5.75. The summed E-state index contributed by atoms with van der Waals surface area (Å²) in [4.78, 5) is 3.80. The van der Waals surface area contributed by atoms with Crippen molar-refractivity contribution in [1.82, 2.24) is 8.96 Å². The summed E-state index contributed by atoms with van der Waals surface area (Å²) in [5.41, 5.74) is 0. The van der Waals surface area contributed by atoms with Gasteiger partial charge in [-0.3, -0.25) is 0 Å². The van der Waals surface area contributed by atoms with Crippen molar-refractivity contribution in [3.63, 3.8) is 0 Å². The highest BCUT2D eigenvalue weighted by Crippen LogP contribution is 2.34. The van der Waals surface area contributed by atoms with Crippen molar-refractivity contribution in [2.24, 2.45) is 0 Å². The fourth-order valence-corrected chi connectivity index (χ4v) is 3.82. The van der Waals surface area contributed by atoms with Gasteiger partial charge in [0.25, 0.3) is 10.0 Å². The number of benzene rings is 1. The topological polar surface area (TPSA) is 61.2 Å². The summed E-state index contributed by atoms with van der Waals surface area (Å²) in [6, 6.07) is 2.68. The van der Waals surface area contributed by atoms with Crippen LogP contribution in [0.5, 0.6) is 5.75 Å². The molecule has 0 bridgehead atoms. The molecule has 5 nitrogen and oxygen atoms in total. The van der Waals surface area contributed by atoms with Gasteiger partial charge in [0.2, 0.25) is 0 Å². The third-order valence-corrected chi connectivity index (χ3v) is 5.12. The first-order valence-corrected chi connectivity index (χ1v) is 7.95. The minimum atomic E-state index is -3.83. The second kappa shape index (κ2) is 5.63. The van der Waals surface area contributed by atoms with Gasteiger partial charge in [-0.25, -0.2) is 17.4 Å². The van der Waals surface area contributed by atoms with Crippen LogP contribution in [0.25, 0.3) is 0 Å². The smallest absolute Gasteiger partial charge is 0.270 e. The molecule has 0 atom stereocenters. The van der Waals surface area contributed by atoms with Gasteiger partial charge in [-0.1, -0.05) is 23.2 Å². The predicted octanol–water partition coefficient (Wildman–Crippen LogP) is 3.13. The van der Waals surface area contributed by atoms with Crippen LogP contribution in [0.15, 0.2) is 29.4 Å². The SMILES string of the molecule is CCOc1cc(Cl)c(S(=O)(=O)n2ccnc2C)cc1Cl. The van der Waals surface area contributed by atoms with Crippen molar-refractivity contribution in [2.45, 2.75) is 18.7 Å². The molecular formula is C12H12Cl2N2O3S. The second-order valence-electron chi connectivity index (χ2n) is 3.92. The van der Waals surface area contributed by atoms with Gasteiger partial charge in [0.15, 0.2) is 0 Å². The summed E-state index contributed by atoms with van der Waals surface area (Å²) >= 11 is 12.1. The van der Waals surface area contributed by atoms with E-state index in [4.69, 9.17) is 27.9 Å². The molecular weight excluding hydrogens is 323 g/mol. The van der Waals surface area contributed by atoms with Gasteiger partial charge in [0, 0.05) is 18.5 Å². The molecule has 1 aromatic carbocycles. The Morgan fingerprint density at radius 1 is 1.30 bits per heavy atom. The maximum atomic E-state index is 12.5. The van der Waals surface area contributed by atoms with Gasteiger partial charge in [0.05, 0.1) is 16.7 Å². The van der Waals surface area contributed by atoms with Crippen LogP contribution in [0.1, 0.15) is 12.7 Å². The number of rotatable bonds is 4. The number of aryl methyl sites for hydroxylation is 1. The number of ether oxygens (including phenoxy) is 1. The highest BCUT2D eigenvalue weighted by molar-refractivity contribution is 7.90. The quantitative estimate of drug-likeness (QED) is 0.861. The monoisotopic (exact) mass is 334 g/mol. The maximum Gasteiger partial charge on any atom is 0.270 e. The number of hydrogen-bond acceptors (Lipinski definition) is 4. The standard InChI is InChI=1S/C12H12Cl2N2O3S/c1-3-19-11-6-10(14)12(7-9(11)13)20(17,18)16-5-4-15-8(16)2/h4-7H,3H2,1-2H3. The lowest BCUT2D eigenvalue weighted by molar-refractivity contribution is 0.340. The van der Waals surface area contributed by atoms with E-state index >= 15 is 0 Å².